The quantitative estimate of drug-likeness (QED) is 0.189. The number of amidine groups is 2. The van der Waals surface area contributed by atoms with Crippen LogP contribution >= 0.6 is 0 Å². The number of furan rings is 1. The smallest absolute Gasteiger partial charge is 0.160 e. The van der Waals surface area contributed by atoms with Crippen LogP contribution in [0.25, 0.3) is 76.2 Å². The molecule has 0 bridgehead atoms. The van der Waals surface area contributed by atoms with Crippen LogP contribution in [0.2, 0.25) is 0 Å². The average molecular weight is 678 g/mol. The summed E-state index contributed by atoms with van der Waals surface area (Å²) in [5.41, 5.74) is 6.82. The number of nitrogens with one attached hydrogen (secondary N) is 1. The summed E-state index contributed by atoms with van der Waals surface area (Å²) in [6.07, 6.45) is -0.365. The van der Waals surface area contributed by atoms with Crippen molar-refractivity contribution in [2.75, 3.05) is 0 Å². The van der Waals surface area contributed by atoms with Crippen molar-refractivity contribution in [3.8, 4) is 11.1 Å². The predicted molar refractivity (Wildman–Crippen MR) is 221 cm³/mol. The molecule has 0 spiro atoms. The zero-order valence-corrected chi connectivity index (χ0v) is 28.6. The number of aliphatic imine (C=N–C) groups is 2. The molecule has 0 amide bonds. The van der Waals surface area contributed by atoms with Gasteiger partial charge < -0.3 is 9.73 Å². The average Bonchev–Trinajstić information content (AvgIpc) is 3.62. The minimum absolute atomic E-state index is 0.365. The van der Waals surface area contributed by atoms with Crippen molar-refractivity contribution in [2.24, 2.45) is 9.98 Å². The zero-order chi connectivity index (χ0) is 34.9. The maximum absolute atomic E-state index is 6.50. The third kappa shape index (κ3) is 4.77. The Morgan fingerprint density at radius 3 is 1.87 bits per heavy atom. The second-order valence-corrected chi connectivity index (χ2v) is 13.7. The van der Waals surface area contributed by atoms with Gasteiger partial charge >= 0.3 is 0 Å². The van der Waals surface area contributed by atoms with Crippen molar-refractivity contribution in [3.63, 3.8) is 0 Å². The normalized spacial score (nSPS) is 14.6. The van der Waals surface area contributed by atoms with Gasteiger partial charge in [-0.3, -0.25) is 0 Å². The summed E-state index contributed by atoms with van der Waals surface area (Å²) in [4.78, 5) is 10.8. The molecule has 2 heterocycles. The Bertz CT molecular complexity index is 3120. The largest absolute Gasteiger partial charge is 0.456 e. The Hall–Kier alpha value is -7.04. The molecule has 11 rings (SSSR count). The van der Waals surface area contributed by atoms with E-state index in [1.807, 2.05) is 18.2 Å². The van der Waals surface area contributed by atoms with Crippen LogP contribution in [0.15, 0.2) is 190 Å². The van der Waals surface area contributed by atoms with Gasteiger partial charge in [0.2, 0.25) is 0 Å². The van der Waals surface area contributed by atoms with Gasteiger partial charge in [-0.2, -0.15) is 0 Å². The monoisotopic (exact) mass is 677 g/mol. The standard InChI is InChI=1S/C49H31N3O/c1-2-13-31(14-3-1)47-50-48(34-23-22-30-12-4-5-15-32(30)28-34)52-49(51-47)46-35(26-27-44-45(46)41-20-10-11-21-43(41)53-44)33-24-25-40-38-18-7-6-16-36(38)37-17-8-9-19-39(37)42(40)29-33/h1-29,48H,(H,50,51,52). The molecular weight excluding hydrogens is 647 g/mol. The van der Waals surface area contributed by atoms with Gasteiger partial charge in [-0.05, 0) is 90.1 Å². The predicted octanol–water partition coefficient (Wildman–Crippen LogP) is 12.4. The third-order valence-electron chi connectivity index (χ3n) is 10.7. The number of hydrogen-bond donors (Lipinski definition) is 1. The van der Waals surface area contributed by atoms with E-state index in [-0.39, 0.29) is 6.17 Å². The number of fused-ring (bicyclic) bond motifs is 10. The van der Waals surface area contributed by atoms with Crippen molar-refractivity contribution >= 4 is 76.7 Å². The van der Waals surface area contributed by atoms with Crippen LogP contribution in [-0.2, 0) is 0 Å². The van der Waals surface area contributed by atoms with Gasteiger partial charge in [0.05, 0.1) is 0 Å². The minimum atomic E-state index is -0.365. The third-order valence-corrected chi connectivity index (χ3v) is 10.7. The molecule has 4 nitrogen and oxygen atoms in total. The second-order valence-electron chi connectivity index (χ2n) is 13.7. The lowest BCUT2D eigenvalue weighted by atomic mass is 9.89. The maximum atomic E-state index is 6.50. The highest BCUT2D eigenvalue weighted by Crippen LogP contribution is 2.42. The molecule has 4 heteroatoms. The van der Waals surface area contributed by atoms with Crippen LogP contribution in [0.4, 0.5) is 0 Å². The Morgan fingerprint density at radius 2 is 1.09 bits per heavy atom. The van der Waals surface area contributed by atoms with Crippen molar-refractivity contribution in [1.82, 2.24) is 5.32 Å². The molecule has 1 aliphatic heterocycles. The van der Waals surface area contributed by atoms with Crippen molar-refractivity contribution < 1.29 is 4.42 Å². The van der Waals surface area contributed by atoms with Gasteiger partial charge in [0, 0.05) is 21.9 Å². The van der Waals surface area contributed by atoms with E-state index in [9.17, 15) is 0 Å². The summed E-state index contributed by atoms with van der Waals surface area (Å²) in [7, 11) is 0. The number of nitrogens with zero attached hydrogens (tertiary/aromatic N) is 2. The van der Waals surface area contributed by atoms with Crippen LogP contribution in [0.1, 0.15) is 22.9 Å². The molecule has 0 saturated carbocycles. The van der Waals surface area contributed by atoms with Crippen molar-refractivity contribution in [1.29, 1.82) is 0 Å². The van der Waals surface area contributed by atoms with E-state index in [0.717, 1.165) is 55.6 Å². The summed E-state index contributed by atoms with van der Waals surface area (Å²) >= 11 is 0. The van der Waals surface area contributed by atoms with E-state index in [2.05, 4.69) is 163 Å². The molecule has 0 saturated heterocycles. The number of hydrogen-bond acceptors (Lipinski definition) is 4. The van der Waals surface area contributed by atoms with E-state index >= 15 is 0 Å². The molecule has 1 unspecified atom stereocenters. The Morgan fingerprint density at radius 1 is 0.453 bits per heavy atom. The Labute approximate surface area is 305 Å². The molecule has 1 aromatic heterocycles. The van der Waals surface area contributed by atoms with Crippen LogP contribution in [-0.4, -0.2) is 11.7 Å². The first kappa shape index (κ1) is 29.7. The first-order chi connectivity index (χ1) is 26.3. The van der Waals surface area contributed by atoms with Crippen LogP contribution in [0, 0.1) is 0 Å². The van der Waals surface area contributed by atoms with Gasteiger partial charge in [0.1, 0.15) is 23.2 Å². The molecule has 10 aromatic rings. The molecule has 248 valence electrons. The molecule has 0 aliphatic carbocycles. The fourth-order valence-corrected chi connectivity index (χ4v) is 8.22. The van der Waals surface area contributed by atoms with E-state index in [0.29, 0.717) is 5.84 Å². The Balaban J connectivity index is 1.21. The van der Waals surface area contributed by atoms with Gasteiger partial charge in [-0.1, -0.05) is 146 Å². The summed E-state index contributed by atoms with van der Waals surface area (Å²) in [5.74, 6) is 1.44. The second kappa shape index (κ2) is 11.8. The fraction of sp³-hybridized carbons (Fsp3) is 0.0204. The molecular formula is C49H31N3O. The maximum Gasteiger partial charge on any atom is 0.160 e. The van der Waals surface area contributed by atoms with Gasteiger partial charge in [-0.25, -0.2) is 9.98 Å². The minimum Gasteiger partial charge on any atom is -0.456 e. The number of para-hydroxylation sites is 1. The highest BCUT2D eigenvalue weighted by atomic mass is 16.3. The van der Waals surface area contributed by atoms with Gasteiger partial charge in [-0.15, -0.1) is 0 Å². The lowest BCUT2D eigenvalue weighted by molar-refractivity contribution is 0.668. The first-order valence-electron chi connectivity index (χ1n) is 18.0. The molecule has 53 heavy (non-hydrogen) atoms. The fourth-order valence-electron chi connectivity index (χ4n) is 8.22. The molecule has 9 aromatic carbocycles. The van der Waals surface area contributed by atoms with Crippen molar-refractivity contribution in [2.45, 2.75) is 6.17 Å². The number of benzene rings is 9. The van der Waals surface area contributed by atoms with E-state index in [1.54, 1.807) is 0 Å². The highest BCUT2D eigenvalue weighted by Gasteiger charge is 2.26. The zero-order valence-electron chi connectivity index (χ0n) is 28.6. The summed E-state index contributed by atoms with van der Waals surface area (Å²) in [6.45, 7) is 0. The Kier molecular flexibility index (Phi) is 6.58. The van der Waals surface area contributed by atoms with Crippen molar-refractivity contribution in [3.05, 3.63) is 193 Å². The van der Waals surface area contributed by atoms with E-state index in [1.165, 1.54) is 43.1 Å². The molecule has 1 atom stereocenters. The molecule has 1 N–H and O–H groups in total. The SMILES string of the molecule is c1ccc(C2=NC(c3c(-c4ccc5c6ccccc6c6ccccc6c5c4)ccc4oc5ccccc5c34)=NC(c3ccc4ccccc4c3)N2)cc1. The van der Waals surface area contributed by atoms with E-state index in [4.69, 9.17) is 14.4 Å². The van der Waals surface area contributed by atoms with Gasteiger partial charge in [0.25, 0.3) is 0 Å². The van der Waals surface area contributed by atoms with Crippen LogP contribution < -0.4 is 5.32 Å². The van der Waals surface area contributed by atoms with E-state index < -0.39 is 0 Å². The lowest BCUT2D eigenvalue weighted by Crippen LogP contribution is -2.33. The summed E-state index contributed by atoms with van der Waals surface area (Å²) < 4.78 is 6.50. The summed E-state index contributed by atoms with van der Waals surface area (Å²) in [5, 5.41) is 15.6. The molecule has 1 aliphatic rings. The molecule has 0 fully saturated rings. The van der Waals surface area contributed by atoms with Crippen LogP contribution in [0.3, 0.4) is 0 Å². The topological polar surface area (TPSA) is 49.9 Å². The van der Waals surface area contributed by atoms with Crippen LogP contribution in [0.5, 0.6) is 0 Å². The number of rotatable bonds is 4. The molecule has 0 radical (unpaired) electrons. The first-order valence-corrected chi connectivity index (χ1v) is 18.0. The summed E-state index contributed by atoms with van der Waals surface area (Å²) in [6, 6.07) is 62.2. The van der Waals surface area contributed by atoms with Gasteiger partial charge in [0.15, 0.2) is 5.84 Å². The highest BCUT2D eigenvalue weighted by molar-refractivity contribution is 6.27. The lowest BCUT2D eigenvalue weighted by Gasteiger charge is -2.25.